The maximum Gasteiger partial charge on any atom is 0.125 e. The minimum Gasteiger partial charge on any atom is -0.397 e. The van der Waals surface area contributed by atoms with Crippen LogP contribution in [0.4, 0.5) is 15.8 Å². The van der Waals surface area contributed by atoms with Crippen molar-refractivity contribution in [1.82, 2.24) is 0 Å². The van der Waals surface area contributed by atoms with Crippen LogP contribution in [0.2, 0.25) is 10.0 Å². The number of benzene rings is 2. The van der Waals surface area contributed by atoms with Gasteiger partial charge >= 0.3 is 0 Å². The van der Waals surface area contributed by atoms with Gasteiger partial charge in [-0.05, 0) is 42.8 Å². The highest BCUT2D eigenvalue weighted by molar-refractivity contribution is 6.35. The zero-order valence-corrected chi connectivity index (χ0v) is 11.8. The molecule has 0 aliphatic carbocycles. The molecule has 0 bridgehead atoms. The molecule has 100 valence electrons. The normalized spacial score (nSPS) is 12.2. The summed E-state index contributed by atoms with van der Waals surface area (Å²) in [7, 11) is 0. The highest BCUT2D eigenvalue weighted by atomic mass is 35.5. The first-order valence-corrected chi connectivity index (χ1v) is 6.49. The molecule has 0 fully saturated rings. The largest absolute Gasteiger partial charge is 0.397 e. The van der Waals surface area contributed by atoms with Crippen LogP contribution >= 0.6 is 23.2 Å². The van der Waals surface area contributed by atoms with Crippen LogP contribution in [-0.4, -0.2) is 0 Å². The molecule has 19 heavy (non-hydrogen) atoms. The Bertz CT molecular complexity index is 602. The molecule has 2 aromatic carbocycles. The van der Waals surface area contributed by atoms with Gasteiger partial charge in [0.25, 0.3) is 0 Å². The maximum absolute atomic E-state index is 13.2. The molecule has 1 unspecified atom stereocenters. The third-order valence-corrected chi connectivity index (χ3v) is 3.38. The first-order valence-electron chi connectivity index (χ1n) is 5.74. The fourth-order valence-electron chi connectivity index (χ4n) is 1.82. The minimum absolute atomic E-state index is 0.117. The van der Waals surface area contributed by atoms with E-state index in [1.165, 1.54) is 18.2 Å². The predicted octanol–water partition coefficient (Wildman–Crippen LogP) is 4.89. The molecule has 1 atom stereocenters. The van der Waals surface area contributed by atoms with Gasteiger partial charge in [-0.25, -0.2) is 4.39 Å². The number of anilines is 2. The van der Waals surface area contributed by atoms with Crippen LogP contribution in [0.5, 0.6) is 0 Å². The molecule has 2 rings (SSSR count). The molecule has 3 N–H and O–H groups in total. The Hall–Kier alpha value is -1.45. The zero-order valence-electron chi connectivity index (χ0n) is 10.3. The monoisotopic (exact) mass is 298 g/mol. The summed E-state index contributed by atoms with van der Waals surface area (Å²) in [6.45, 7) is 1.92. The van der Waals surface area contributed by atoms with E-state index in [4.69, 9.17) is 28.9 Å². The average Bonchev–Trinajstić information content (AvgIpc) is 2.33. The van der Waals surface area contributed by atoms with Crippen molar-refractivity contribution in [2.75, 3.05) is 11.1 Å². The van der Waals surface area contributed by atoms with E-state index in [9.17, 15) is 4.39 Å². The zero-order chi connectivity index (χ0) is 14.0. The molecule has 5 heteroatoms. The van der Waals surface area contributed by atoms with Gasteiger partial charge in [-0.15, -0.1) is 0 Å². The lowest BCUT2D eigenvalue weighted by Gasteiger charge is -2.18. The van der Waals surface area contributed by atoms with Gasteiger partial charge in [-0.1, -0.05) is 29.3 Å². The van der Waals surface area contributed by atoms with Crippen LogP contribution < -0.4 is 11.1 Å². The number of hydrogen-bond donors (Lipinski definition) is 2. The van der Waals surface area contributed by atoms with Crippen LogP contribution in [0.25, 0.3) is 0 Å². The Morgan fingerprint density at radius 1 is 1.16 bits per heavy atom. The van der Waals surface area contributed by atoms with Crippen LogP contribution in [0.1, 0.15) is 18.5 Å². The average molecular weight is 299 g/mol. The predicted molar refractivity (Wildman–Crippen MR) is 79.3 cm³/mol. The lowest BCUT2D eigenvalue weighted by Crippen LogP contribution is -2.09. The Kier molecular flexibility index (Phi) is 4.17. The molecule has 0 aliphatic rings. The van der Waals surface area contributed by atoms with Crippen molar-refractivity contribution in [2.24, 2.45) is 0 Å². The van der Waals surface area contributed by atoms with Gasteiger partial charge in [-0.2, -0.15) is 0 Å². The fraction of sp³-hybridized carbons (Fsp3) is 0.143. The Labute approximate surface area is 121 Å². The van der Waals surface area contributed by atoms with Crippen LogP contribution in [-0.2, 0) is 0 Å². The van der Waals surface area contributed by atoms with Gasteiger partial charge in [0.1, 0.15) is 5.82 Å². The molecule has 0 spiro atoms. The standard InChI is InChI=1S/C14H13Cl2FN2/c1-8(11-4-2-9(15)6-12(11)16)19-14-7-10(17)3-5-13(14)18/h2-8,19H,18H2,1H3. The molecule has 2 nitrogen and oxygen atoms in total. The summed E-state index contributed by atoms with van der Waals surface area (Å²) in [6, 6.07) is 9.34. The summed E-state index contributed by atoms with van der Waals surface area (Å²) >= 11 is 12.0. The summed E-state index contributed by atoms with van der Waals surface area (Å²) in [4.78, 5) is 0. The Morgan fingerprint density at radius 2 is 1.89 bits per heavy atom. The van der Waals surface area contributed by atoms with Gasteiger partial charge < -0.3 is 11.1 Å². The summed E-state index contributed by atoms with van der Waals surface area (Å²) in [5, 5.41) is 4.27. The van der Waals surface area contributed by atoms with E-state index in [1.54, 1.807) is 12.1 Å². The Morgan fingerprint density at radius 3 is 2.58 bits per heavy atom. The second-order valence-electron chi connectivity index (χ2n) is 4.26. The molecule has 0 aliphatic heterocycles. The van der Waals surface area contributed by atoms with Crippen molar-refractivity contribution < 1.29 is 4.39 Å². The number of rotatable bonds is 3. The molecule has 0 heterocycles. The highest BCUT2D eigenvalue weighted by Gasteiger charge is 2.11. The van der Waals surface area contributed by atoms with E-state index >= 15 is 0 Å². The van der Waals surface area contributed by atoms with Crippen molar-refractivity contribution in [3.8, 4) is 0 Å². The molecule has 0 radical (unpaired) electrons. The third-order valence-electron chi connectivity index (χ3n) is 2.82. The maximum atomic E-state index is 13.2. The fourth-order valence-corrected chi connectivity index (χ4v) is 2.39. The number of halogens is 3. The van der Waals surface area contributed by atoms with E-state index in [0.29, 0.717) is 21.4 Å². The lowest BCUT2D eigenvalue weighted by molar-refractivity contribution is 0.628. The quantitative estimate of drug-likeness (QED) is 0.792. The van der Waals surface area contributed by atoms with E-state index in [1.807, 2.05) is 13.0 Å². The van der Waals surface area contributed by atoms with E-state index < -0.39 is 0 Å². The van der Waals surface area contributed by atoms with Gasteiger partial charge in [0.2, 0.25) is 0 Å². The van der Waals surface area contributed by atoms with Crippen LogP contribution in [0.3, 0.4) is 0 Å². The molecule has 0 saturated carbocycles. The third kappa shape index (κ3) is 3.31. The van der Waals surface area contributed by atoms with Crippen molar-refractivity contribution >= 4 is 34.6 Å². The molecular weight excluding hydrogens is 286 g/mol. The second kappa shape index (κ2) is 5.68. The van der Waals surface area contributed by atoms with Gasteiger partial charge in [0, 0.05) is 10.0 Å². The minimum atomic E-state index is -0.342. The molecule has 0 aromatic heterocycles. The van der Waals surface area contributed by atoms with Crippen molar-refractivity contribution in [3.05, 3.63) is 57.8 Å². The SMILES string of the molecule is CC(Nc1cc(F)ccc1N)c1ccc(Cl)cc1Cl. The number of nitrogen functional groups attached to an aromatic ring is 1. The number of nitrogens with one attached hydrogen (secondary N) is 1. The van der Waals surface area contributed by atoms with Crippen LogP contribution in [0, 0.1) is 5.82 Å². The summed E-state index contributed by atoms with van der Waals surface area (Å²) in [5.74, 6) is -0.342. The number of nitrogens with two attached hydrogens (primary N) is 1. The molecular formula is C14H13Cl2FN2. The van der Waals surface area contributed by atoms with E-state index in [0.717, 1.165) is 5.56 Å². The topological polar surface area (TPSA) is 38.0 Å². The van der Waals surface area contributed by atoms with Crippen molar-refractivity contribution in [2.45, 2.75) is 13.0 Å². The second-order valence-corrected chi connectivity index (χ2v) is 5.11. The summed E-state index contributed by atoms with van der Waals surface area (Å²) in [6.07, 6.45) is 0. The summed E-state index contributed by atoms with van der Waals surface area (Å²) < 4.78 is 13.2. The smallest absolute Gasteiger partial charge is 0.125 e. The molecule has 0 saturated heterocycles. The van der Waals surface area contributed by atoms with Crippen LogP contribution in [0.15, 0.2) is 36.4 Å². The van der Waals surface area contributed by atoms with Gasteiger partial charge in [0.05, 0.1) is 17.4 Å². The number of hydrogen-bond acceptors (Lipinski definition) is 2. The van der Waals surface area contributed by atoms with Crippen molar-refractivity contribution in [3.63, 3.8) is 0 Å². The van der Waals surface area contributed by atoms with Crippen molar-refractivity contribution in [1.29, 1.82) is 0 Å². The lowest BCUT2D eigenvalue weighted by atomic mass is 10.1. The van der Waals surface area contributed by atoms with Gasteiger partial charge in [0.15, 0.2) is 0 Å². The Balaban J connectivity index is 2.25. The highest BCUT2D eigenvalue weighted by Crippen LogP contribution is 2.30. The van der Waals surface area contributed by atoms with Gasteiger partial charge in [-0.3, -0.25) is 0 Å². The molecule has 2 aromatic rings. The first-order chi connectivity index (χ1) is 8.97. The molecule has 0 amide bonds. The van der Waals surface area contributed by atoms with E-state index in [2.05, 4.69) is 5.32 Å². The van der Waals surface area contributed by atoms with E-state index in [-0.39, 0.29) is 11.9 Å². The summed E-state index contributed by atoms with van der Waals surface area (Å²) in [5.41, 5.74) is 7.69. The first kappa shape index (κ1) is 14.0.